The molecule has 1 heterocycles. The lowest BCUT2D eigenvalue weighted by Gasteiger charge is -2.11. The van der Waals surface area contributed by atoms with Crippen LogP contribution in [0.2, 0.25) is 0 Å². The highest BCUT2D eigenvalue weighted by Gasteiger charge is 2.20. The summed E-state index contributed by atoms with van der Waals surface area (Å²) in [6.45, 7) is 1.94. The number of nitriles is 1. The minimum Gasteiger partial charge on any atom is -0.298 e. The average molecular weight is 283 g/mol. The van der Waals surface area contributed by atoms with Gasteiger partial charge in [-0.3, -0.25) is 4.79 Å². The van der Waals surface area contributed by atoms with Gasteiger partial charge in [-0.2, -0.15) is 5.26 Å². The van der Waals surface area contributed by atoms with Crippen LogP contribution in [0.1, 0.15) is 34.8 Å². The molecule has 0 aliphatic carbocycles. The first kappa shape index (κ1) is 14.5. The van der Waals surface area contributed by atoms with Gasteiger partial charge in [0.25, 0.3) is 0 Å². The van der Waals surface area contributed by atoms with Crippen molar-refractivity contribution < 1.29 is 4.79 Å². The number of carbonyl (C=O) groups excluding carboxylic acids is 1. The lowest BCUT2D eigenvalue weighted by Crippen LogP contribution is -2.12. The maximum atomic E-state index is 12.2. The standard InChI is InChI=1S/C17H17NOS/c1-13-6-2-3-9-15(13)16(12-18)17(19)10-4-7-14-8-5-11-20-14/h2-3,5-6,8-9,11,16H,4,7,10H2,1H3. The number of carbonyl (C=O) groups is 1. The van der Waals surface area contributed by atoms with Crippen molar-refractivity contribution >= 4 is 17.1 Å². The maximum absolute atomic E-state index is 12.2. The van der Waals surface area contributed by atoms with Crippen LogP contribution in [-0.2, 0) is 11.2 Å². The summed E-state index contributed by atoms with van der Waals surface area (Å²) in [6.07, 6.45) is 2.18. The third kappa shape index (κ3) is 3.55. The van der Waals surface area contributed by atoms with Crippen LogP contribution in [-0.4, -0.2) is 5.78 Å². The van der Waals surface area contributed by atoms with E-state index in [1.54, 1.807) is 11.3 Å². The zero-order chi connectivity index (χ0) is 14.4. The first-order valence-electron chi connectivity index (χ1n) is 6.72. The fraction of sp³-hybridized carbons (Fsp3) is 0.294. The Bertz CT molecular complexity index is 610. The first-order valence-corrected chi connectivity index (χ1v) is 7.60. The number of rotatable bonds is 6. The van der Waals surface area contributed by atoms with Gasteiger partial charge in [0, 0.05) is 11.3 Å². The monoisotopic (exact) mass is 283 g/mol. The van der Waals surface area contributed by atoms with Crippen LogP contribution in [0.4, 0.5) is 0 Å². The molecule has 0 radical (unpaired) electrons. The van der Waals surface area contributed by atoms with Gasteiger partial charge in [-0.25, -0.2) is 0 Å². The number of benzene rings is 1. The summed E-state index contributed by atoms with van der Waals surface area (Å²) >= 11 is 1.71. The molecule has 0 amide bonds. The Morgan fingerprint density at radius 3 is 2.75 bits per heavy atom. The second-order valence-corrected chi connectivity index (χ2v) is 5.85. The predicted molar refractivity (Wildman–Crippen MR) is 81.8 cm³/mol. The molecule has 0 fully saturated rings. The van der Waals surface area contributed by atoms with E-state index in [-0.39, 0.29) is 5.78 Å². The molecule has 0 aliphatic rings. The lowest BCUT2D eigenvalue weighted by molar-refractivity contribution is -0.119. The highest BCUT2D eigenvalue weighted by atomic mass is 32.1. The molecule has 2 nitrogen and oxygen atoms in total. The van der Waals surface area contributed by atoms with E-state index < -0.39 is 5.92 Å². The Labute approximate surface area is 123 Å². The summed E-state index contributed by atoms with van der Waals surface area (Å²) in [5, 5.41) is 11.3. The smallest absolute Gasteiger partial charge is 0.154 e. The minimum absolute atomic E-state index is 0.0263. The van der Waals surface area contributed by atoms with E-state index in [0.29, 0.717) is 6.42 Å². The minimum atomic E-state index is -0.625. The molecule has 0 spiro atoms. The summed E-state index contributed by atoms with van der Waals surface area (Å²) in [5.41, 5.74) is 1.85. The van der Waals surface area contributed by atoms with Crippen molar-refractivity contribution in [3.63, 3.8) is 0 Å². The van der Waals surface area contributed by atoms with Crippen LogP contribution >= 0.6 is 11.3 Å². The van der Waals surface area contributed by atoms with E-state index in [1.807, 2.05) is 42.6 Å². The number of ketones is 1. The topological polar surface area (TPSA) is 40.9 Å². The highest BCUT2D eigenvalue weighted by Crippen LogP contribution is 2.22. The molecule has 0 N–H and O–H groups in total. The van der Waals surface area contributed by atoms with Crippen molar-refractivity contribution in [1.29, 1.82) is 5.26 Å². The fourth-order valence-electron chi connectivity index (χ4n) is 2.26. The third-order valence-corrected chi connectivity index (χ3v) is 4.31. The van der Waals surface area contributed by atoms with E-state index in [9.17, 15) is 10.1 Å². The van der Waals surface area contributed by atoms with Gasteiger partial charge in [0.05, 0.1) is 6.07 Å². The molecule has 0 aliphatic heterocycles. The molecule has 20 heavy (non-hydrogen) atoms. The van der Waals surface area contributed by atoms with Crippen molar-refractivity contribution in [3.05, 3.63) is 57.8 Å². The number of thiophene rings is 1. The molecule has 1 atom stereocenters. The molecule has 0 saturated carbocycles. The summed E-state index contributed by atoms with van der Waals surface area (Å²) < 4.78 is 0. The van der Waals surface area contributed by atoms with E-state index in [2.05, 4.69) is 12.1 Å². The van der Waals surface area contributed by atoms with Gasteiger partial charge in [0.15, 0.2) is 5.78 Å². The second kappa shape index (κ2) is 7.02. The predicted octanol–water partition coefficient (Wildman–Crippen LogP) is 4.26. The summed E-state index contributed by atoms with van der Waals surface area (Å²) in [7, 11) is 0. The Morgan fingerprint density at radius 2 is 2.10 bits per heavy atom. The van der Waals surface area contributed by atoms with E-state index in [0.717, 1.165) is 24.0 Å². The van der Waals surface area contributed by atoms with Gasteiger partial charge < -0.3 is 0 Å². The molecule has 0 bridgehead atoms. The van der Waals surface area contributed by atoms with E-state index in [1.165, 1.54) is 4.88 Å². The van der Waals surface area contributed by atoms with Gasteiger partial charge in [-0.05, 0) is 42.3 Å². The Hall–Kier alpha value is -1.92. The van der Waals surface area contributed by atoms with E-state index >= 15 is 0 Å². The second-order valence-electron chi connectivity index (χ2n) is 4.82. The fourth-order valence-corrected chi connectivity index (χ4v) is 3.01. The number of Topliss-reactive ketones (excluding diaryl/α,β-unsaturated/α-hetero) is 1. The van der Waals surface area contributed by atoms with Crippen LogP contribution in [0.5, 0.6) is 0 Å². The van der Waals surface area contributed by atoms with Crippen molar-refractivity contribution in [1.82, 2.24) is 0 Å². The van der Waals surface area contributed by atoms with Gasteiger partial charge in [-0.1, -0.05) is 30.3 Å². The molecular formula is C17H17NOS. The molecule has 2 rings (SSSR count). The molecule has 0 saturated heterocycles. The van der Waals surface area contributed by atoms with Crippen LogP contribution in [0, 0.1) is 18.3 Å². The average Bonchev–Trinajstić information content (AvgIpc) is 2.95. The molecule has 102 valence electrons. The summed E-state index contributed by atoms with van der Waals surface area (Å²) in [6, 6.07) is 13.9. The number of hydrogen-bond acceptors (Lipinski definition) is 3. The van der Waals surface area contributed by atoms with Gasteiger partial charge in [0.2, 0.25) is 0 Å². The molecule has 1 aromatic heterocycles. The Morgan fingerprint density at radius 1 is 1.30 bits per heavy atom. The molecule has 2 aromatic rings. The van der Waals surface area contributed by atoms with Gasteiger partial charge in [-0.15, -0.1) is 11.3 Å². The zero-order valence-corrected chi connectivity index (χ0v) is 12.3. The molecular weight excluding hydrogens is 266 g/mol. The summed E-state index contributed by atoms with van der Waals surface area (Å²) in [5.74, 6) is -0.599. The van der Waals surface area contributed by atoms with Gasteiger partial charge in [0.1, 0.15) is 5.92 Å². The van der Waals surface area contributed by atoms with Crippen molar-refractivity contribution in [2.75, 3.05) is 0 Å². The van der Waals surface area contributed by atoms with Crippen LogP contribution in [0.25, 0.3) is 0 Å². The molecule has 3 heteroatoms. The van der Waals surface area contributed by atoms with Crippen LogP contribution < -0.4 is 0 Å². The number of aryl methyl sites for hydroxylation is 2. The lowest BCUT2D eigenvalue weighted by atomic mass is 9.90. The maximum Gasteiger partial charge on any atom is 0.154 e. The Balaban J connectivity index is 1.96. The van der Waals surface area contributed by atoms with E-state index in [4.69, 9.17) is 0 Å². The van der Waals surface area contributed by atoms with Crippen molar-refractivity contribution in [3.8, 4) is 6.07 Å². The highest BCUT2D eigenvalue weighted by molar-refractivity contribution is 7.09. The van der Waals surface area contributed by atoms with Crippen LogP contribution in [0.3, 0.4) is 0 Å². The van der Waals surface area contributed by atoms with Crippen LogP contribution in [0.15, 0.2) is 41.8 Å². The number of nitrogens with zero attached hydrogens (tertiary/aromatic N) is 1. The van der Waals surface area contributed by atoms with Crippen molar-refractivity contribution in [2.24, 2.45) is 0 Å². The largest absolute Gasteiger partial charge is 0.298 e. The Kier molecular flexibility index (Phi) is 5.09. The third-order valence-electron chi connectivity index (χ3n) is 3.38. The first-order chi connectivity index (χ1) is 9.72. The van der Waals surface area contributed by atoms with Gasteiger partial charge >= 0.3 is 0 Å². The normalized spacial score (nSPS) is 11.8. The molecule has 1 unspecified atom stereocenters. The quantitative estimate of drug-likeness (QED) is 0.795. The number of hydrogen-bond donors (Lipinski definition) is 0. The zero-order valence-electron chi connectivity index (χ0n) is 11.5. The molecule has 1 aromatic carbocycles. The summed E-state index contributed by atoms with van der Waals surface area (Å²) in [4.78, 5) is 13.5. The van der Waals surface area contributed by atoms with Crippen molar-refractivity contribution in [2.45, 2.75) is 32.1 Å². The SMILES string of the molecule is Cc1ccccc1C(C#N)C(=O)CCCc1cccs1.